The van der Waals surface area contributed by atoms with Crippen LogP contribution < -0.4 is 11.1 Å². The number of aryl methyl sites for hydroxylation is 1. The predicted molar refractivity (Wildman–Crippen MR) is 96.5 cm³/mol. The van der Waals surface area contributed by atoms with Crippen molar-refractivity contribution in [3.05, 3.63) is 41.2 Å². The average Bonchev–Trinajstić information content (AvgIpc) is 2.54. The summed E-state index contributed by atoms with van der Waals surface area (Å²) in [6.07, 6.45) is -5.27. The first-order chi connectivity index (χ1) is 12.2. The fourth-order valence-electron chi connectivity index (χ4n) is 2.84. The Morgan fingerprint density at radius 1 is 1.30 bits per heavy atom. The minimum absolute atomic E-state index is 0. The number of nitrogen functional groups attached to an aromatic ring is 1. The van der Waals surface area contributed by atoms with Crippen LogP contribution in [0.25, 0.3) is 11.3 Å². The molecule has 1 aromatic carbocycles. The predicted octanol–water partition coefficient (Wildman–Crippen LogP) is 1.88. The van der Waals surface area contributed by atoms with E-state index in [1.165, 1.54) is 18.3 Å². The van der Waals surface area contributed by atoms with E-state index >= 15 is 0 Å². The number of hydrogen-bond acceptors (Lipinski definition) is 6. The Balaban J connectivity index is 0.00000261. The van der Waals surface area contributed by atoms with Crippen molar-refractivity contribution in [2.75, 3.05) is 18.8 Å². The summed E-state index contributed by atoms with van der Waals surface area (Å²) in [4.78, 5) is 8.60. The molecule has 3 rings (SSSR count). The molecule has 0 aliphatic carbocycles. The maximum absolute atomic E-state index is 13.4. The van der Waals surface area contributed by atoms with E-state index in [0.717, 1.165) is 6.07 Å². The molecule has 2 aromatic rings. The molecule has 5 N–H and O–H groups in total. The summed E-state index contributed by atoms with van der Waals surface area (Å²) < 4.78 is 39.8. The second kappa shape index (κ2) is 7.97. The first-order valence-electron chi connectivity index (χ1n) is 8.02. The van der Waals surface area contributed by atoms with Crippen LogP contribution in [0.2, 0.25) is 0 Å². The van der Waals surface area contributed by atoms with Gasteiger partial charge in [0.25, 0.3) is 6.43 Å². The number of nitrogens with zero attached hydrogens (tertiary/aromatic N) is 2. The standard InChI is InChI=1S/C17H19F3N4O2.ClH/c1-8-2-3-10(17(26,15(18)19)16(20)25)4-11(8)12-7-23-14(21)13(24-12)9-5-22-6-9;/h2-4,7,9,15-16,22,25-26H,5-6H2,1H3,(H2,21,23);1H. The summed E-state index contributed by atoms with van der Waals surface area (Å²) in [5.41, 5.74) is 4.11. The van der Waals surface area contributed by atoms with Gasteiger partial charge in [0, 0.05) is 24.6 Å². The van der Waals surface area contributed by atoms with E-state index in [2.05, 4.69) is 15.3 Å². The molecule has 1 aliphatic rings. The lowest BCUT2D eigenvalue weighted by Gasteiger charge is -2.29. The van der Waals surface area contributed by atoms with Crippen LogP contribution in [-0.2, 0) is 5.60 Å². The van der Waals surface area contributed by atoms with Crippen molar-refractivity contribution in [3.8, 4) is 11.3 Å². The summed E-state index contributed by atoms with van der Waals surface area (Å²) in [6, 6.07) is 3.78. The number of aliphatic hydroxyl groups excluding tert-OH is 1. The van der Waals surface area contributed by atoms with Crippen molar-refractivity contribution < 1.29 is 23.4 Å². The topological polar surface area (TPSA) is 104 Å². The fraction of sp³-hybridized carbons (Fsp3) is 0.412. The van der Waals surface area contributed by atoms with E-state index in [0.29, 0.717) is 35.6 Å². The molecule has 0 spiro atoms. The molecule has 1 aromatic heterocycles. The van der Waals surface area contributed by atoms with E-state index in [9.17, 15) is 18.3 Å². The van der Waals surface area contributed by atoms with E-state index < -0.39 is 23.9 Å². The molecule has 6 nitrogen and oxygen atoms in total. The van der Waals surface area contributed by atoms with Gasteiger partial charge in [0.2, 0.25) is 12.0 Å². The van der Waals surface area contributed by atoms with Crippen molar-refractivity contribution >= 4 is 18.2 Å². The maximum Gasteiger partial charge on any atom is 0.276 e. The van der Waals surface area contributed by atoms with E-state index in [1.807, 2.05) is 0 Å². The molecule has 1 fully saturated rings. The Bertz CT molecular complexity index is 811. The van der Waals surface area contributed by atoms with Gasteiger partial charge in [0.05, 0.1) is 17.6 Å². The van der Waals surface area contributed by atoms with Crippen molar-refractivity contribution in [3.63, 3.8) is 0 Å². The van der Waals surface area contributed by atoms with Crippen molar-refractivity contribution in [1.29, 1.82) is 0 Å². The molecule has 0 bridgehead atoms. The Hall–Kier alpha value is -1.94. The largest absolute Gasteiger partial charge is 0.382 e. The third-order valence-corrected chi connectivity index (χ3v) is 4.67. The van der Waals surface area contributed by atoms with Crippen LogP contribution in [0.5, 0.6) is 0 Å². The summed E-state index contributed by atoms with van der Waals surface area (Å²) in [5, 5.41) is 22.2. The Morgan fingerprint density at radius 2 is 1.96 bits per heavy atom. The van der Waals surface area contributed by atoms with Gasteiger partial charge in [-0.3, -0.25) is 0 Å². The highest BCUT2D eigenvalue weighted by molar-refractivity contribution is 5.85. The number of anilines is 1. The third kappa shape index (κ3) is 3.73. The molecule has 0 saturated carbocycles. The molecular weight excluding hydrogens is 385 g/mol. The van der Waals surface area contributed by atoms with Crippen molar-refractivity contribution in [1.82, 2.24) is 15.3 Å². The van der Waals surface area contributed by atoms with Crippen molar-refractivity contribution in [2.24, 2.45) is 0 Å². The van der Waals surface area contributed by atoms with E-state index in [-0.39, 0.29) is 24.1 Å². The van der Waals surface area contributed by atoms with Crippen LogP contribution in [0.3, 0.4) is 0 Å². The summed E-state index contributed by atoms with van der Waals surface area (Å²) in [6.45, 7) is 3.14. The third-order valence-electron chi connectivity index (χ3n) is 4.67. The van der Waals surface area contributed by atoms with Crippen molar-refractivity contribution in [2.45, 2.75) is 31.2 Å². The van der Waals surface area contributed by atoms with Crippen LogP contribution in [0.15, 0.2) is 24.4 Å². The smallest absolute Gasteiger partial charge is 0.276 e. The zero-order chi connectivity index (χ0) is 19.1. The lowest BCUT2D eigenvalue weighted by Crippen LogP contribution is -2.43. The first-order valence-corrected chi connectivity index (χ1v) is 8.02. The highest BCUT2D eigenvalue weighted by atomic mass is 35.5. The van der Waals surface area contributed by atoms with Gasteiger partial charge >= 0.3 is 0 Å². The second-order valence-corrected chi connectivity index (χ2v) is 6.37. The summed E-state index contributed by atoms with van der Waals surface area (Å²) in [5.74, 6) is 0.397. The van der Waals surface area contributed by atoms with Crippen LogP contribution in [0.4, 0.5) is 19.0 Å². The van der Waals surface area contributed by atoms with Crippen LogP contribution in [0, 0.1) is 6.92 Å². The highest BCUT2D eigenvalue weighted by Crippen LogP contribution is 2.36. The minimum atomic E-state index is -3.52. The number of alkyl halides is 3. The lowest BCUT2D eigenvalue weighted by atomic mass is 9.90. The molecule has 0 amide bonds. The molecule has 2 unspecified atom stereocenters. The maximum atomic E-state index is 13.4. The molecule has 2 heterocycles. The SMILES string of the molecule is Cc1ccc(C(O)(C(O)F)C(F)F)cc1-c1cnc(N)c(C2CNC2)n1.Cl. The molecule has 1 aliphatic heterocycles. The van der Waals surface area contributed by atoms with Gasteiger partial charge in [-0.25, -0.2) is 23.1 Å². The second-order valence-electron chi connectivity index (χ2n) is 6.37. The van der Waals surface area contributed by atoms with Crippen LogP contribution >= 0.6 is 12.4 Å². The van der Waals surface area contributed by atoms with Gasteiger partial charge in [0.15, 0.2) is 0 Å². The van der Waals surface area contributed by atoms with E-state index in [4.69, 9.17) is 10.8 Å². The average molecular weight is 405 g/mol. The number of halogens is 4. The quantitative estimate of drug-likeness (QED) is 0.606. The molecule has 1 saturated heterocycles. The Kier molecular flexibility index (Phi) is 6.31. The zero-order valence-electron chi connectivity index (χ0n) is 14.4. The minimum Gasteiger partial charge on any atom is -0.382 e. The van der Waals surface area contributed by atoms with Gasteiger partial charge in [-0.2, -0.15) is 0 Å². The monoisotopic (exact) mass is 404 g/mol. The number of nitrogens with one attached hydrogen (secondary N) is 1. The number of hydrogen-bond donors (Lipinski definition) is 4. The fourth-order valence-corrected chi connectivity index (χ4v) is 2.84. The molecule has 148 valence electrons. The lowest BCUT2D eigenvalue weighted by molar-refractivity contribution is -0.211. The molecular formula is C17H20ClF3N4O2. The Labute approximate surface area is 160 Å². The van der Waals surface area contributed by atoms with Crippen LogP contribution in [-0.4, -0.2) is 46.1 Å². The van der Waals surface area contributed by atoms with Gasteiger partial charge in [-0.05, 0) is 24.1 Å². The van der Waals surface area contributed by atoms with Gasteiger partial charge in [0.1, 0.15) is 5.82 Å². The van der Waals surface area contributed by atoms with Gasteiger partial charge < -0.3 is 21.3 Å². The summed E-state index contributed by atoms with van der Waals surface area (Å²) in [7, 11) is 0. The van der Waals surface area contributed by atoms with Crippen LogP contribution in [0.1, 0.15) is 22.7 Å². The number of aromatic nitrogens is 2. The first kappa shape index (κ1) is 21.4. The van der Waals surface area contributed by atoms with E-state index in [1.54, 1.807) is 6.92 Å². The zero-order valence-corrected chi connectivity index (χ0v) is 15.2. The highest BCUT2D eigenvalue weighted by Gasteiger charge is 2.47. The molecule has 10 heteroatoms. The summed E-state index contributed by atoms with van der Waals surface area (Å²) >= 11 is 0. The van der Waals surface area contributed by atoms with Gasteiger partial charge in [-0.15, -0.1) is 12.4 Å². The normalized spacial score (nSPS) is 17.7. The number of benzene rings is 1. The number of rotatable bonds is 5. The molecule has 0 radical (unpaired) electrons. The van der Waals surface area contributed by atoms with Gasteiger partial charge in [-0.1, -0.05) is 12.1 Å². The Morgan fingerprint density at radius 3 is 2.48 bits per heavy atom. The number of nitrogens with two attached hydrogens (primary N) is 1. The molecule has 2 atom stereocenters. The molecule has 27 heavy (non-hydrogen) atoms. The number of aliphatic hydroxyl groups is 2.